The van der Waals surface area contributed by atoms with Crippen molar-refractivity contribution in [2.45, 2.75) is 31.4 Å². The molecule has 0 atom stereocenters. The Kier molecular flexibility index (Phi) is 5.01. The van der Waals surface area contributed by atoms with E-state index < -0.39 is 17.9 Å². The summed E-state index contributed by atoms with van der Waals surface area (Å²) in [6.45, 7) is 5.27. The Morgan fingerprint density at radius 2 is 2.00 bits per heavy atom. The lowest BCUT2D eigenvalue weighted by molar-refractivity contribution is -0.138. The second kappa shape index (κ2) is 6.08. The fourth-order valence-electron chi connectivity index (χ4n) is 1.67. The number of rotatable bonds is 3. The van der Waals surface area contributed by atoms with Crippen molar-refractivity contribution in [2.75, 3.05) is 18.8 Å². The molecule has 0 aromatic carbocycles. The van der Waals surface area contributed by atoms with E-state index in [9.17, 15) is 14.4 Å². The molecule has 0 spiro atoms. The van der Waals surface area contributed by atoms with Crippen LogP contribution in [0.15, 0.2) is 0 Å². The number of carboxylic acid groups (broad SMARTS) is 1. The van der Waals surface area contributed by atoms with E-state index in [2.05, 4.69) is 5.32 Å². The zero-order chi connectivity index (χ0) is 13.8. The van der Waals surface area contributed by atoms with Gasteiger partial charge in [0.05, 0.1) is 6.42 Å². The molecule has 102 valence electrons. The first kappa shape index (κ1) is 14.8. The second-order valence-corrected chi connectivity index (χ2v) is 6.58. The predicted octanol–water partition coefficient (Wildman–Crippen LogP) is 0.915. The maximum Gasteiger partial charge on any atom is 0.324 e. The van der Waals surface area contributed by atoms with Crippen molar-refractivity contribution in [3.8, 4) is 0 Å². The molecule has 7 heteroatoms. The molecule has 0 aromatic heterocycles. The van der Waals surface area contributed by atoms with Crippen molar-refractivity contribution >= 4 is 29.7 Å². The normalized spacial score (nSPS) is 18.2. The number of amides is 3. The van der Waals surface area contributed by atoms with Gasteiger partial charge in [0.25, 0.3) is 0 Å². The zero-order valence-corrected chi connectivity index (χ0v) is 11.4. The first-order valence-electron chi connectivity index (χ1n) is 5.75. The van der Waals surface area contributed by atoms with Gasteiger partial charge in [-0.15, -0.1) is 0 Å². The molecule has 3 amide bonds. The molecule has 1 heterocycles. The first-order chi connectivity index (χ1) is 8.30. The van der Waals surface area contributed by atoms with E-state index in [4.69, 9.17) is 5.11 Å². The van der Waals surface area contributed by atoms with E-state index >= 15 is 0 Å². The van der Waals surface area contributed by atoms with Crippen molar-refractivity contribution in [3.63, 3.8) is 0 Å². The molecular formula is C11H18N2O4S. The van der Waals surface area contributed by atoms with Gasteiger partial charge in [0, 0.05) is 30.0 Å². The molecule has 0 unspecified atom stereocenters. The molecule has 0 aromatic rings. The van der Waals surface area contributed by atoms with Crippen molar-refractivity contribution < 1.29 is 19.5 Å². The van der Waals surface area contributed by atoms with Crippen molar-refractivity contribution in [2.24, 2.45) is 0 Å². The number of carbonyl (C=O) groups excluding carboxylic acids is 2. The minimum atomic E-state index is -1.05. The van der Waals surface area contributed by atoms with Crippen LogP contribution in [0.4, 0.5) is 4.79 Å². The Labute approximate surface area is 110 Å². The first-order valence-corrected chi connectivity index (χ1v) is 6.73. The molecule has 1 fully saturated rings. The van der Waals surface area contributed by atoms with Crippen LogP contribution in [0.3, 0.4) is 0 Å². The summed E-state index contributed by atoms with van der Waals surface area (Å²) >= 11 is 1.79. The van der Waals surface area contributed by atoms with Gasteiger partial charge in [-0.2, -0.15) is 11.8 Å². The topological polar surface area (TPSA) is 86.7 Å². The summed E-state index contributed by atoms with van der Waals surface area (Å²) in [7, 11) is 0. The lowest BCUT2D eigenvalue weighted by Crippen LogP contribution is -2.51. The average Bonchev–Trinajstić information content (AvgIpc) is 2.25. The van der Waals surface area contributed by atoms with Crippen LogP contribution in [0.5, 0.6) is 0 Å². The van der Waals surface area contributed by atoms with E-state index in [0.717, 1.165) is 5.75 Å². The van der Waals surface area contributed by atoms with Crippen molar-refractivity contribution in [3.05, 3.63) is 0 Å². The molecular weight excluding hydrogens is 256 g/mol. The van der Waals surface area contributed by atoms with Crippen LogP contribution in [0.2, 0.25) is 0 Å². The molecule has 1 aliphatic rings. The SMILES string of the molecule is CC1(C)CN(C(=O)NC(=O)CCC(=O)O)CCS1. The minimum Gasteiger partial charge on any atom is -0.481 e. The third kappa shape index (κ3) is 4.95. The minimum absolute atomic E-state index is 0.0142. The number of hydrogen-bond donors (Lipinski definition) is 2. The van der Waals surface area contributed by atoms with Crippen molar-refractivity contribution in [1.29, 1.82) is 0 Å². The van der Waals surface area contributed by atoms with Gasteiger partial charge < -0.3 is 10.0 Å². The van der Waals surface area contributed by atoms with Crippen LogP contribution in [0.25, 0.3) is 0 Å². The fourth-order valence-corrected chi connectivity index (χ4v) is 2.78. The fraction of sp³-hybridized carbons (Fsp3) is 0.727. The van der Waals surface area contributed by atoms with E-state index in [1.165, 1.54) is 0 Å². The summed E-state index contributed by atoms with van der Waals surface area (Å²) in [6, 6.07) is -0.432. The zero-order valence-electron chi connectivity index (χ0n) is 10.6. The van der Waals surface area contributed by atoms with E-state index in [0.29, 0.717) is 13.1 Å². The van der Waals surface area contributed by atoms with Gasteiger partial charge >= 0.3 is 12.0 Å². The third-order valence-corrected chi connectivity index (χ3v) is 3.82. The monoisotopic (exact) mass is 274 g/mol. The molecule has 2 N–H and O–H groups in total. The van der Waals surface area contributed by atoms with E-state index in [1.807, 2.05) is 13.8 Å². The standard InChI is InChI=1S/C11H18N2O4S/c1-11(2)7-13(5-6-18-11)10(17)12-8(14)3-4-9(15)16/h3-7H2,1-2H3,(H,15,16)(H,12,14,17). The smallest absolute Gasteiger partial charge is 0.324 e. The predicted molar refractivity (Wildman–Crippen MR) is 68.5 cm³/mol. The van der Waals surface area contributed by atoms with Gasteiger partial charge in [0.1, 0.15) is 0 Å². The summed E-state index contributed by atoms with van der Waals surface area (Å²) in [5.41, 5.74) is 0. The average molecular weight is 274 g/mol. The highest BCUT2D eigenvalue weighted by atomic mass is 32.2. The number of hydrogen-bond acceptors (Lipinski definition) is 4. The van der Waals surface area contributed by atoms with Crippen LogP contribution < -0.4 is 5.32 Å². The second-order valence-electron chi connectivity index (χ2n) is 4.78. The largest absolute Gasteiger partial charge is 0.481 e. The molecule has 18 heavy (non-hydrogen) atoms. The highest BCUT2D eigenvalue weighted by molar-refractivity contribution is 8.00. The molecule has 1 aliphatic heterocycles. The summed E-state index contributed by atoms with van der Waals surface area (Å²) in [5, 5.41) is 10.7. The highest BCUT2D eigenvalue weighted by Gasteiger charge is 2.30. The quantitative estimate of drug-likeness (QED) is 0.799. The maximum absolute atomic E-state index is 11.8. The molecule has 6 nitrogen and oxygen atoms in total. The van der Waals surface area contributed by atoms with Crippen LogP contribution in [-0.2, 0) is 9.59 Å². The van der Waals surface area contributed by atoms with Gasteiger partial charge in [-0.1, -0.05) is 0 Å². The summed E-state index contributed by atoms with van der Waals surface area (Å²) in [4.78, 5) is 35.0. The number of carbonyl (C=O) groups is 3. The Hall–Kier alpha value is -1.24. The number of imide groups is 1. The van der Waals surface area contributed by atoms with Gasteiger partial charge in [0.15, 0.2) is 0 Å². The van der Waals surface area contributed by atoms with Crippen LogP contribution >= 0.6 is 11.8 Å². The molecule has 0 saturated carbocycles. The number of thioether (sulfide) groups is 1. The molecule has 0 radical (unpaired) electrons. The van der Waals surface area contributed by atoms with Crippen LogP contribution in [0.1, 0.15) is 26.7 Å². The Morgan fingerprint density at radius 1 is 1.33 bits per heavy atom. The number of nitrogens with one attached hydrogen (secondary N) is 1. The summed E-state index contributed by atoms with van der Waals surface area (Å²) in [6.07, 6.45) is -0.437. The van der Waals surface area contributed by atoms with Gasteiger partial charge in [-0.05, 0) is 13.8 Å². The molecule has 1 rings (SSSR count). The van der Waals surface area contributed by atoms with E-state index in [1.54, 1.807) is 16.7 Å². The lowest BCUT2D eigenvalue weighted by Gasteiger charge is -2.37. The van der Waals surface area contributed by atoms with Crippen LogP contribution in [0, 0.1) is 0 Å². The Bertz CT molecular complexity index is 357. The van der Waals surface area contributed by atoms with Gasteiger partial charge in [0.2, 0.25) is 5.91 Å². The summed E-state index contributed by atoms with van der Waals surface area (Å²) in [5.74, 6) is -0.754. The molecule has 0 bridgehead atoms. The number of nitrogens with zero attached hydrogens (tertiary/aromatic N) is 1. The molecule has 1 saturated heterocycles. The van der Waals surface area contributed by atoms with Gasteiger partial charge in [-0.25, -0.2) is 4.79 Å². The number of carboxylic acids is 1. The third-order valence-electron chi connectivity index (χ3n) is 2.53. The summed E-state index contributed by atoms with van der Waals surface area (Å²) < 4.78 is -0.0142. The number of urea groups is 1. The molecule has 0 aliphatic carbocycles. The number of aliphatic carboxylic acids is 1. The maximum atomic E-state index is 11.8. The lowest BCUT2D eigenvalue weighted by atomic mass is 10.2. The van der Waals surface area contributed by atoms with Crippen molar-refractivity contribution in [1.82, 2.24) is 10.2 Å². The Balaban J connectivity index is 2.40. The Morgan fingerprint density at radius 3 is 2.56 bits per heavy atom. The van der Waals surface area contributed by atoms with Crippen LogP contribution in [-0.4, -0.2) is 51.5 Å². The highest BCUT2D eigenvalue weighted by Crippen LogP contribution is 2.29. The van der Waals surface area contributed by atoms with Gasteiger partial charge in [-0.3, -0.25) is 14.9 Å². The van der Waals surface area contributed by atoms with E-state index in [-0.39, 0.29) is 17.6 Å².